The van der Waals surface area contributed by atoms with Gasteiger partial charge in [-0.15, -0.1) is 0 Å². The molecule has 1 unspecified atom stereocenters. The zero-order chi connectivity index (χ0) is 19.5. The van der Waals surface area contributed by atoms with Crippen molar-refractivity contribution in [1.29, 1.82) is 0 Å². The fourth-order valence-electron chi connectivity index (χ4n) is 2.45. The van der Waals surface area contributed by atoms with Crippen LogP contribution in [0.1, 0.15) is 27.2 Å². The number of carbonyl (C=O) groups excluding carboxylic acids is 1. The van der Waals surface area contributed by atoms with Gasteiger partial charge in [-0.3, -0.25) is 9.59 Å². The van der Waals surface area contributed by atoms with Gasteiger partial charge in [0.25, 0.3) is 5.91 Å². The van der Waals surface area contributed by atoms with E-state index < -0.39 is 42.2 Å². The van der Waals surface area contributed by atoms with E-state index in [1.165, 1.54) is 25.1 Å². The molecule has 1 heterocycles. The summed E-state index contributed by atoms with van der Waals surface area (Å²) in [5, 5.41) is 21.0. The first-order valence-electron chi connectivity index (χ1n) is 7.48. The number of rotatable bonds is 6. The molecule has 0 radical (unpaired) electrons. The van der Waals surface area contributed by atoms with Crippen LogP contribution in [0.4, 0.5) is 13.2 Å². The van der Waals surface area contributed by atoms with Gasteiger partial charge in [0.1, 0.15) is 12.2 Å². The van der Waals surface area contributed by atoms with Crippen LogP contribution < -0.4 is 5.32 Å². The van der Waals surface area contributed by atoms with Crippen molar-refractivity contribution in [3.63, 3.8) is 0 Å². The van der Waals surface area contributed by atoms with Gasteiger partial charge < -0.3 is 19.9 Å². The zero-order valence-corrected chi connectivity index (χ0v) is 13.6. The van der Waals surface area contributed by atoms with Crippen LogP contribution in [-0.2, 0) is 16.8 Å². The van der Waals surface area contributed by atoms with Crippen molar-refractivity contribution in [2.24, 2.45) is 0 Å². The summed E-state index contributed by atoms with van der Waals surface area (Å²) in [6.07, 6.45) is -4.50. The molecule has 2 aromatic rings. The molecule has 0 aliphatic carbocycles. The summed E-state index contributed by atoms with van der Waals surface area (Å²) in [6.45, 7) is 0.313. The Morgan fingerprint density at radius 3 is 2.35 bits per heavy atom. The summed E-state index contributed by atoms with van der Waals surface area (Å²) >= 11 is 0. The number of benzene rings is 1. The number of carboxylic acids is 1. The molecule has 1 amide bonds. The molecular weight excluding hydrogens is 355 g/mol. The van der Waals surface area contributed by atoms with Crippen molar-refractivity contribution in [2.75, 3.05) is 6.54 Å². The van der Waals surface area contributed by atoms with Crippen molar-refractivity contribution in [3.05, 3.63) is 59.0 Å². The normalized spacial score (nSPS) is 13.9. The maximum Gasteiger partial charge on any atom is 0.423 e. The largest absolute Gasteiger partial charge is 0.481 e. The number of hydrogen-bond donors (Lipinski definition) is 3. The maximum atomic E-state index is 13.4. The van der Waals surface area contributed by atoms with Crippen molar-refractivity contribution < 1.29 is 37.4 Å². The van der Waals surface area contributed by atoms with E-state index in [4.69, 9.17) is 9.52 Å². The fraction of sp³-hybridized carbons (Fsp3) is 0.294. The molecule has 2 rings (SSSR count). The first-order chi connectivity index (χ1) is 12.1. The second-order valence-electron chi connectivity index (χ2n) is 5.69. The van der Waals surface area contributed by atoms with Crippen LogP contribution in [0.2, 0.25) is 0 Å². The molecule has 0 aliphatic heterocycles. The third kappa shape index (κ3) is 3.88. The number of hydrogen-bond acceptors (Lipinski definition) is 4. The SMILES string of the molecule is Cc1coc(CC(=O)O)c1C(=O)NCC(O)(c1ccccc1)C(F)(F)F. The molecule has 3 N–H and O–H groups in total. The van der Waals surface area contributed by atoms with Gasteiger partial charge in [0.05, 0.1) is 18.4 Å². The van der Waals surface area contributed by atoms with Crippen LogP contribution >= 0.6 is 0 Å². The van der Waals surface area contributed by atoms with Gasteiger partial charge in [0.15, 0.2) is 0 Å². The van der Waals surface area contributed by atoms with Crippen molar-refractivity contribution in [3.8, 4) is 0 Å². The van der Waals surface area contributed by atoms with E-state index in [1.807, 2.05) is 5.32 Å². The molecule has 9 heteroatoms. The molecule has 1 aromatic carbocycles. The van der Waals surface area contributed by atoms with Crippen LogP contribution in [-0.4, -0.2) is 34.8 Å². The highest BCUT2D eigenvalue weighted by Crippen LogP contribution is 2.38. The van der Waals surface area contributed by atoms with Crippen molar-refractivity contribution >= 4 is 11.9 Å². The number of nitrogens with one attached hydrogen (secondary N) is 1. The molecule has 0 bridgehead atoms. The quantitative estimate of drug-likeness (QED) is 0.724. The monoisotopic (exact) mass is 371 g/mol. The van der Waals surface area contributed by atoms with Gasteiger partial charge in [0.2, 0.25) is 5.60 Å². The zero-order valence-electron chi connectivity index (χ0n) is 13.6. The van der Waals surface area contributed by atoms with Gasteiger partial charge in [0, 0.05) is 5.56 Å². The molecule has 0 saturated heterocycles. The van der Waals surface area contributed by atoms with Crippen LogP contribution in [0, 0.1) is 6.92 Å². The maximum absolute atomic E-state index is 13.4. The van der Waals surface area contributed by atoms with Gasteiger partial charge in [-0.05, 0) is 12.5 Å². The second-order valence-corrected chi connectivity index (χ2v) is 5.69. The Morgan fingerprint density at radius 1 is 1.19 bits per heavy atom. The average Bonchev–Trinajstić information content (AvgIpc) is 2.91. The number of aliphatic carboxylic acids is 1. The smallest absolute Gasteiger partial charge is 0.423 e. The third-order valence-corrected chi connectivity index (χ3v) is 3.82. The number of carboxylic acid groups (broad SMARTS) is 1. The lowest BCUT2D eigenvalue weighted by Gasteiger charge is -2.31. The summed E-state index contributed by atoms with van der Waals surface area (Å²) < 4.78 is 45.2. The second kappa shape index (κ2) is 7.20. The standard InChI is InChI=1S/C17H16F3NO5/c1-10-8-26-12(7-13(22)23)14(10)15(24)21-9-16(25,17(18,19)20)11-5-3-2-4-6-11/h2-6,8,25H,7,9H2,1H3,(H,21,24)(H,22,23). The Morgan fingerprint density at radius 2 is 1.81 bits per heavy atom. The first-order valence-corrected chi connectivity index (χ1v) is 7.48. The van der Waals surface area contributed by atoms with Crippen LogP contribution in [0.3, 0.4) is 0 Å². The topological polar surface area (TPSA) is 99.8 Å². The van der Waals surface area contributed by atoms with E-state index in [0.29, 0.717) is 0 Å². The molecule has 0 saturated carbocycles. The molecule has 6 nitrogen and oxygen atoms in total. The summed E-state index contributed by atoms with van der Waals surface area (Å²) in [6, 6.07) is 6.35. The lowest BCUT2D eigenvalue weighted by atomic mass is 9.93. The summed E-state index contributed by atoms with van der Waals surface area (Å²) in [7, 11) is 0. The minimum absolute atomic E-state index is 0.162. The molecule has 0 fully saturated rings. The minimum atomic E-state index is -5.04. The Hall–Kier alpha value is -2.81. The van der Waals surface area contributed by atoms with Crippen molar-refractivity contribution in [2.45, 2.75) is 25.1 Å². The number of furan rings is 1. The first kappa shape index (κ1) is 19.5. The summed E-state index contributed by atoms with van der Waals surface area (Å²) in [4.78, 5) is 23.1. The molecule has 1 aromatic heterocycles. The minimum Gasteiger partial charge on any atom is -0.481 e. The number of alkyl halides is 3. The van der Waals surface area contributed by atoms with E-state index >= 15 is 0 Å². The van der Waals surface area contributed by atoms with Crippen molar-refractivity contribution in [1.82, 2.24) is 5.32 Å². The van der Waals surface area contributed by atoms with E-state index in [2.05, 4.69) is 0 Å². The van der Waals surface area contributed by atoms with Gasteiger partial charge in [-0.25, -0.2) is 0 Å². The molecule has 1 atom stereocenters. The van der Waals surface area contributed by atoms with E-state index in [1.54, 1.807) is 0 Å². The molecule has 26 heavy (non-hydrogen) atoms. The van der Waals surface area contributed by atoms with Crippen LogP contribution in [0.5, 0.6) is 0 Å². The lowest BCUT2D eigenvalue weighted by Crippen LogP contribution is -2.51. The Labute approximate surface area is 146 Å². The Balaban J connectivity index is 2.27. The van der Waals surface area contributed by atoms with Crippen LogP contribution in [0.15, 0.2) is 41.0 Å². The number of halogens is 3. The molecule has 0 spiro atoms. The molecule has 0 aliphatic rings. The number of carbonyl (C=O) groups is 2. The van der Waals surface area contributed by atoms with E-state index in [-0.39, 0.29) is 16.9 Å². The predicted octanol–water partition coefficient (Wildman–Crippen LogP) is 2.40. The predicted molar refractivity (Wildman–Crippen MR) is 83.5 cm³/mol. The van der Waals surface area contributed by atoms with Crippen LogP contribution in [0.25, 0.3) is 0 Å². The highest BCUT2D eigenvalue weighted by Gasteiger charge is 2.55. The molecule has 140 valence electrons. The highest BCUT2D eigenvalue weighted by molar-refractivity contribution is 5.97. The van der Waals surface area contributed by atoms with Gasteiger partial charge in [-0.2, -0.15) is 13.2 Å². The average molecular weight is 371 g/mol. The molecular formula is C17H16F3NO5. The van der Waals surface area contributed by atoms with Gasteiger partial charge >= 0.3 is 12.1 Å². The third-order valence-electron chi connectivity index (χ3n) is 3.82. The summed E-state index contributed by atoms with van der Waals surface area (Å²) in [5.41, 5.74) is -3.62. The number of amides is 1. The Bertz CT molecular complexity index is 800. The Kier molecular flexibility index (Phi) is 5.41. The lowest BCUT2D eigenvalue weighted by molar-refractivity contribution is -0.263. The van der Waals surface area contributed by atoms with Gasteiger partial charge in [-0.1, -0.05) is 30.3 Å². The van der Waals surface area contributed by atoms with E-state index in [0.717, 1.165) is 18.4 Å². The highest BCUT2D eigenvalue weighted by atomic mass is 19.4. The fourth-order valence-corrected chi connectivity index (χ4v) is 2.45. The summed E-state index contributed by atoms with van der Waals surface area (Å²) in [5.74, 6) is -2.40. The number of aliphatic hydroxyl groups is 1. The van der Waals surface area contributed by atoms with E-state index in [9.17, 15) is 27.9 Å². The number of aryl methyl sites for hydroxylation is 1.